The van der Waals surface area contributed by atoms with Gasteiger partial charge in [0.1, 0.15) is 0 Å². The first-order valence-electron chi connectivity index (χ1n) is 6.38. The van der Waals surface area contributed by atoms with Crippen molar-refractivity contribution in [3.8, 4) is 5.75 Å². The first kappa shape index (κ1) is 13.0. The average molecular weight is 283 g/mol. The summed E-state index contributed by atoms with van der Waals surface area (Å²) in [6.45, 7) is 0. The SMILES string of the molecule is O=c1c2c([nH]c3c(OC(F)(F)F)cccc13)CCCC2. The molecule has 0 unspecified atom stereocenters. The first-order chi connectivity index (χ1) is 9.46. The number of hydrogen-bond acceptors (Lipinski definition) is 2. The van der Waals surface area contributed by atoms with Crippen molar-refractivity contribution in [1.29, 1.82) is 0 Å². The Hall–Kier alpha value is -1.98. The third-order valence-electron chi connectivity index (χ3n) is 3.51. The molecule has 1 aromatic carbocycles. The number of nitrogens with one attached hydrogen (secondary N) is 1. The molecule has 1 aliphatic rings. The quantitative estimate of drug-likeness (QED) is 0.872. The van der Waals surface area contributed by atoms with Crippen LogP contribution < -0.4 is 10.2 Å². The van der Waals surface area contributed by atoms with Crippen LogP contribution in [0.5, 0.6) is 5.75 Å². The number of ether oxygens (including phenoxy) is 1. The predicted octanol–water partition coefficient (Wildman–Crippen LogP) is 3.31. The second-order valence-corrected chi connectivity index (χ2v) is 4.84. The summed E-state index contributed by atoms with van der Waals surface area (Å²) in [4.78, 5) is 15.3. The van der Waals surface area contributed by atoms with Crippen molar-refractivity contribution in [1.82, 2.24) is 4.98 Å². The molecule has 0 saturated heterocycles. The minimum atomic E-state index is -4.78. The molecule has 1 aliphatic carbocycles. The highest BCUT2D eigenvalue weighted by Gasteiger charge is 2.32. The molecular formula is C14H12F3NO2. The van der Waals surface area contributed by atoms with Crippen LogP contribution in [-0.2, 0) is 12.8 Å². The van der Waals surface area contributed by atoms with Crippen LogP contribution in [-0.4, -0.2) is 11.3 Å². The Kier molecular flexibility index (Phi) is 2.96. The molecule has 0 atom stereocenters. The number of fused-ring (bicyclic) bond motifs is 2. The lowest BCUT2D eigenvalue weighted by molar-refractivity contribution is -0.274. The standard InChI is InChI=1S/C14H12F3NO2/c15-14(16,17)20-11-7-3-5-9-12(11)18-10-6-2-1-4-8(10)13(9)19/h3,5,7H,1-2,4,6H2,(H,18,19). The number of alkyl halides is 3. The number of aryl methyl sites for hydroxylation is 1. The van der Waals surface area contributed by atoms with Crippen LogP contribution in [0.3, 0.4) is 0 Å². The average Bonchev–Trinajstić information content (AvgIpc) is 2.39. The van der Waals surface area contributed by atoms with E-state index in [1.54, 1.807) is 0 Å². The summed E-state index contributed by atoms with van der Waals surface area (Å²) in [6.07, 6.45) is -1.57. The van der Waals surface area contributed by atoms with Gasteiger partial charge in [-0.05, 0) is 37.8 Å². The van der Waals surface area contributed by atoms with Gasteiger partial charge < -0.3 is 9.72 Å². The molecule has 6 heteroatoms. The monoisotopic (exact) mass is 283 g/mol. The predicted molar refractivity (Wildman–Crippen MR) is 67.9 cm³/mol. The zero-order valence-electron chi connectivity index (χ0n) is 10.5. The first-order valence-corrected chi connectivity index (χ1v) is 6.38. The fraction of sp³-hybridized carbons (Fsp3) is 0.357. The van der Waals surface area contributed by atoms with Crippen molar-refractivity contribution in [3.05, 3.63) is 39.7 Å². The molecule has 106 valence electrons. The lowest BCUT2D eigenvalue weighted by Crippen LogP contribution is -2.21. The second kappa shape index (κ2) is 4.54. The third-order valence-corrected chi connectivity index (χ3v) is 3.51. The summed E-state index contributed by atoms with van der Waals surface area (Å²) in [5.74, 6) is -0.361. The third kappa shape index (κ3) is 2.26. The number of halogens is 3. The highest BCUT2D eigenvalue weighted by atomic mass is 19.4. The number of aromatic nitrogens is 1. The molecule has 1 aromatic heterocycles. The van der Waals surface area contributed by atoms with Gasteiger partial charge in [0.2, 0.25) is 0 Å². The van der Waals surface area contributed by atoms with E-state index in [4.69, 9.17) is 0 Å². The van der Waals surface area contributed by atoms with E-state index < -0.39 is 6.36 Å². The minimum absolute atomic E-state index is 0.121. The van der Waals surface area contributed by atoms with E-state index in [1.807, 2.05) is 0 Å². The minimum Gasteiger partial charge on any atom is -0.404 e. The highest BCUT2D eigenvalue weighted by molar-refractivity contribution is 5.85. The van der Waals surface area contributed by atoms with Crippen LogP contribution >= 0.6 is 0 Å². The summed E-state index contributed by atoms with van der Waals surface area (Å²) in [5, 5.41) is 0.243. The molecule has 20 heavy (non-hydrogen) atoms. The Morgan fingerprint density at radius 1 is 1.15 bits per heavy atom. The number of pyridine rings is 1. The maximum atomic E-state index is 12.4. The van der Waals surface area contributed by atoms with Gasteiger partial charge in [-0.2, -0.15) is 0 Å². The van der Waals surface area contributed by atoms with Crippen LogP contribution in [0.25, 0.3) is 10.9 Å². The Bertz CT molecular complexity index is 719. The summed E-state index contributed by atoms with van der Waals surface area (Å²) >= 11 is 0. The molecule has 0 bridgehead atoms. The zero-order chi connectivity index (χ0) is 14.3. The number of benzene rings is 1. The van der Waals surface area contributed by atoms with Crippen molar-refractivity contribution in [2.45, 2.75) is 32.0 Å². The fourth-order valence-corrected chi connectivity index (χ4v) is 2.67. The molecule has 2 aromatic rings. The number of rotatable bonds is 1. The van der Waals surface area contributed by atoms with Gasteiger partial charge in [0.25, 0.3) is 0 Å². The number of H-pyrrole nitrogens is 1. The molecule has 0 saturated carbocycles. The summed E-state index contributed by atoms with van der Waals surface area (Å²) in [7, 11) is 0. The maximum Gasteiger partial charge on any atom is 0.573 e. The largest absolute Gasteiger partial charge is 0.573 e. The smallest absolute Gasteiger partial charge is 0.404 e. The van der Waals surface area contributed by atoms with Gasteiger partial charge >= 0.3 is 6.36 Å². The van der Waals surface area contributed by atoms with Gasteiger partial charge in [0.15, 0.2) is 11.2 Å². The number of aromatic amines is 1. The topological polar surface area (TPSA) is 42.1 Å². The molecule has 1 N–H and O–H groups in total. The summed E-state index contributed by atoms with van der Waals surface area (Å²) in [5.41, 5.74) is 1.34. The van der Waals surface area contributed by atoms with Gasteiger partial charge in [-0.1, -0.05) is 6.07 Å². The second-order valence-electron chi connectivity index (χ2n) is 4.84. The maximum absolute atomic E-state index is 12.4. The Balaban J connectivity index is 2.24. The van der Waals surface area contributed by atoms with Crippen LogP contribution in [0.4, 0.5) is 13.2 Å². The lowest BCUT2D eigenvalue weighted by Gasteiger charge is -2.17. The Morgan fingerprint density at radius 2 is 1.90 bits per heavy atom. The zero-order valence-corrected chi connectivity index (χ0v) is 10.5. The molecule has 0 amide bonds. The van der Waals surface area contributed by atoms with Crippen molar-refractivity contribution in [2.24, 2.45) is 0 Å². The van der Waals surface area contributed by atoms with E-state index in [1.165, 1.54) is 18.2 Å². The summed E-state index contributed by atoms with van der Waals surface area (Å²) < 4.78 is 41.2. The van der Waals surface area contributed by atoms with Crippen molar-refractivity contribution >= 4 is 10.9 Å². The van der Waals surface area contributed by atoms with E-state index in [0.29, 0.717) is 18.4 Å². The van der Waals surface area contributed by atoms with E-state index in [2.05, 4.69) is 9.72 Å². The van der Waals surface area contributed by atoms with Crippen molar-refractivity contribution < 1.29 is 17.9 Å². The van der Waals surface area contributed by atoms with E-state index in [0.717, 1.165) is 18.5 Å². The van der Waals surface area contributed by atoms with E-state index >= 15 is 0 Å². The lowest BCUT2D eigenvalue weighted by atomic mass is 9.94. The van der Waals surface area contributed by atoms with E-state index in [-0.39, 0.29) is 22.1 Å². The van der Waals surface area contributed by atoms with E-state index in [9.17, 15) is 18.0 Å². The van der Waals surface area contributed by atoms with Crippen LogP contribution in [0.1, 0.15) is 24.1 Å². The Labute approximate surface area is 112 Å². The van der Waals surface area contributed by atoms with Gasteiger partial charge in [-0.3, -0.25) is 4.79 Å². The molecule has 0 radical (unpaired) electrons. The molecule has 0 fully saturated rings. The van der Waals surface area contributed by atoms with Gasteiger partial charge in [0, 0.05) is 16.6 Å². The van der Waals surface area contributed by atoms with Gasteiger partial charge in [0.05, 0.1) is 5.52 Å². The van der Waals surface area contributed by atoms with Crippen LogP contribution in [0.15, 0.2) is 23.0 Å². The highest BCUT2D eigenvalue weighted by Crippen LogP contribution is 2.30. The normalized spacial score (nSPS) is 15.2. The van der Waals surface area contributed by atoms with Gasteiger partial charge in [-0.25, -0.2) is 0 Å². The number of para-hydroxylation sites is 1. The van der Waals surface area contributed by atoms with Crippen molar-refractivity contribution in [2.75, 3.05) is 0 Å². The van der Waals surface area contributed by atoms with Crippen LogP contribution in [0, 0.1) is 0 Å². The van der Waals surface area contributed by atoms with Crippen molar-refractivity contribution in [3.63, 3.8) is 0 Å². The summed E-state index contributed by atoms with van der Waals surface area (Å²) in [6, 6.07) is 4.13. The molecule has 0 spiro atoms. The molecule has 0 aliphatic heterocycles. The van der Waals surface area contributed by atoms with Crippen LogP contribution in [0.2, 0.25) is 0 Å². The fourth-order valence-electron chi connectivity index (χ4n) is 2.67. The Morgan fingerprint density at radius 3 is 2.65 bits per heavy atom. The molecular weight excluding hydrogens is 271 g/mol. The molecule has 1 heterocycles. The van der Waals surface area contributed by atoms with Gasteiger partial charge in [-0.15, -0.1) is 13.2 Å². The molecule has 3 nitrogen and oxygen atoms in total. The molecule has 3 rings (SSSR count). The number of hydrogen-bond donors (Lipinski definition) is 1.